The lowest BCUT2D eigenvalue weighted by Gasteiger charge is -2.10. The number of nitrogens with two attached hydrogens (primary N) is 1. The van der Waals surface area contributed by atoms with Crippen molar-refractivity contribution < 1.29 is 14.5 Å². The average molecular weight is 297 g/mol. The number of anilines is 1. The lowest BCUT2D eigenvalue weighted by Crippen LogP contribution is -2.06. The summed E-state index contributed by atoms with van der Waals surface area (Å²) in [5.41, 5.74) is 6.99. The van der Waals surface area contributed by atoms with Gasteiger partial charge in [0.05, 0.1) is 34.3 Å². The van der Waals surface area contributed by atoms with Crippen molar-refractivity contribution in [2.45, 2.75) is 0 Å². The molecule has 0 aliphatic heterocycles. The quantitative estimate of drug-likeness (QED) is 0.337. The monoisotopic (exact) mass is 297 g/mol. The van der Waals surface area contributed by atoms with Crippen molar-refractivity contribution in [3.8, 4) is 0 Å². The Morgan fingerprint density at radius 2 is 2.00 bits per heavy atom. The van der Waals surface area contributed by atoms with E-state index in [1.54, 1.807) is 24.3 Å². The summed E-state index contributed by atoms with van der Waals surface area (Å²) in [6.07, 6.45) is 0. The van der Waals surface area contributed by atoms with Gasteiger partial charge in [0.2, 0.25) is 0 Å². The van der Waals surface area contributed by atoms with Gasteiger partial charge in [0.15, 0.2) is 0 Å². The molecule has 0 aliphatic carbocycles. The average Bonchev–Trinajstić information content (AvgIpc) is 2.53. The standard InChI is InChI=1S/C15H11N3O4/c1-22-15(19)9-6-7-11(18(20)21)12-13(16)8-4-2-3-5-10(8)17-14(9)12/h2-7H,1H3,(H2,16,17). The smallest absolute Gasteiger partial charge is 0.340 e. The number of fused-ring (bicyclic) bond motifs is 2. The Labute approximate surface area is 124 Å². The van der Waals surface area contributed by atoms with Crippen LogP contribution in [0.3, 0.4) is 0 Å². The molecular weight excluding hydrogens is 286 g/mol. The highest BCUT2D eigenvalue weighted by Crippen LogP contribution is 2.36. The lowest BCUT2D eigenvalue weighted by atomic mass is 10.0. The zero-order valence-corrected chi connectivity index (χ0v) is 11.6. The molecule has 1 aromatic heterocycles. The van der Waals surface area contributed by atoms with Crippen molar-refractivity contribution in [1.29, 1.82) is 0 Å². The molecule has 0 fully saturated rings. The second-order valence-corrected chi connectivity index (χ2v) is 4.65. The van der Waals surface area contributed by atoms with Crippen molar-refractivity contribution in [1.82, 2.24) is 4.98 Å². The molecule has 22 heavy (non-hydrogen) atoms. The third-order valence-electron chi connectivity index (χ3n) is 3.45. The van der Waals surface area contributed by atoms with Gasteiger partial charge in [-0.25, -0.2) is 9.78 Å². The number of hydrogen-bond acceptors (Lipinski definition) is 6. The van der Waals surface area contributed by atoms with Gasteiger partial charge in [0, 0.05) is 11.5 Å². The number of esters is 1. The number of ether oxygens (including phenoxy) is 1. The number of non-ortho nitro benzene ring substituents is 1. The van der Waals surface area contributed by atoms with Gasteiger partial charge < -0.3 is 10.5 Å². The SMILES string of the molecule is COC(=O)c1ccc([N+](=O)[O-])c2c(N)c3ccccc3nc12. The van der Waals surface area contributed by atoms with Gasteiger partial charge >= 0.3 is 5.97 Å². The molecule has 0 atom stereocenters. The van der Waals surface area contributed by atoms with Crippen LogP contribution in [0.15, 0.2) is 36.4 Å². The van der Waals surface area contributed by atoms with E-state index < -0.39 is 10.9 Å². The molecule has 1 heterocycles. The van der Waals surface area contributed by atoms with Gasteiger partial charge in [-0.3, -0.25) is 10.1 Å². The number of para-hydroxylation sites is 1. The van der Waals surface area contributed by atoms with Crippen molar-refractivity contribution in [3.05, 3.63) is 52.1 Å². The van der Waals surface area contributed by atoms with Crippen LogP contribution >= 0.6 is 0 Å². The van der Waals surface area contributed by atoms with Crippen molar-refractivity contribution >= 4 is 39.1 Å². The number of methoxy groups -OCH3 is 1. The van der Waals surface area contributed by atoms with E-state index in [2.05, 4.69) is 4.98 Å². The minimum absolute atomic E-state index is 0.139. The Balaban J connectivity index is 2.56. The number of aromatic nitrogens is 1. The van der Waals surface area contributed by atoms with Crippen LogP contribution in [0, 0.1) is 10.1 Å². The lowest BCUT2D eigenvalue weighted by molar-refractivity contribution is -0.383. The molecule has 3 rings (SSSR count). The highest BCUT2D eigenvalue weighted by Gasteiger charge is 2.23. The maximum absolute atomic E-state index is 11.9. The minimum atomic E-state index is -0.623. The molecular formula is C15H11N3O4. The van der Waals surface area contributed by atoms with Gasteiger partial charge in [0.1, 0.15) is 5.39 Å². The van der Waals surface area contributed by atoms with E-state index in [0.29, 0.717) is 10.9 Å². The first-order chi connectivity index (χ1) is 10.5. The van der Waals surface area contributed by atoms with Crippen molar-refractivity contribution in [2.75, 3.05) is 12.8 Å². The molecule has 0 radical (unpaired) electrons. The largest absolute Gasteiger partial charge is 0.465 e. The summed E-state index contributed by atoms with van der Waals surface area (Å²) in [7, 11) is 1.24. The van der Waals surface area contributed by atoms with Crippen LogP contribution in [0.2, 0.25) is 0 Å². The topological polar surface area (TPSA) is 108 Å². The predicted octanol–water partition coefficient (Wildman–Crippen LogP) is 2.67. The maximum Gasteiger partial charge on any atom is 0.340 e. The van der Waals surface area contributed by atoms with Crippen LogP contribution in [0.1, 0.15) is 10.4 Å². The van der Waals surface area contributed by atoms with Crippen LogP contribution in [0.5, 0.6) is 0 Å². The van der Waals surface area contributed by atoms with Crippen molar-refractivity contribution in [2.24, 2.45) is 0 Å². The van der Waals surface area contributed by atoms with Crippen LogP contribution in [-0.2, 0) is 4.74 Å². The van der Waals surface area contributed by atoms with Crippen LogP contribution in [0.4, 0.5) is 11.4 Å². The highest BCUT2D eigenvalue weighted by molar-refractivity contribution is 6.15. The van der Waals surface area contributed by atoms with E-state index in [4.69, 9.17) is 10.5 Å². The van der Waals surface area contributed by atoms with Gasteiger partial charge in [-0.2, -0.15) is 0 Å². The summed E-state index contributed by atoms with van der Waals surface area (Å²) in [5.74, 6) is -0.623. The molecule has 0 bridgehead atoms. The molecule has 110 valence electrons. The predicted molar refractivity (Wildman–Crippen MR) is 81.7 cm³/mol. The Morgan fingerprint density at radius 1 is 1.27 bits per heavy atom. The first-order valence-corrected chi connectivity index (χ1v) is 6.38. The van der Waals surface area contributed by atoms with E-state index in [0.717, 1.165) is 0 Å². The molecule has 2 N–H and O–H groups in total. The second-order valence-electron chi connectivity index (χ2n) is 4.65. The van der Waals surface area contributed by atoms with E-state index in [1.165, 1.54) is 19.2 Å². The van der Waals surface area contributed by atoms with Crippen LogP contribution in [-0.4, -0.2) is 23.0 Å². The molecule has 0 amide bonds. The number of pyridine rings is 1. The van der Waals surface area contributed by atoms with Gasteiger partial charge in [-0.15, -0.1) is 0 Å². The Kier molecular flexibility index (Phi) is 3.10. The number of hydrogen-bond donors (Lipinski definition) is 1. The Morgan fingerprint density at radius 3 is 2.68 bits per heavy atom. The molecule has 0 saturated carbocycles. The van der Waals surface area contributed by atoms with E-state index >= 15 is 0 Å². The maximum atomic E-state index is 11.9. The number of carbonyl (C=O) groups is 1. The minimum Gasteiger partial charge on any atom is -0.465 e. The number of carbonyl (C=O) groups excluding carboxylic acids is 1. The summed E-state index contributed by atoms with van der Waals surface area (Å²) in [4.78, 5) is 27.0. The number of rotatable bonds is 2. The molecule has 0 spiro atoms. The summed E-state index contributed by atoms with van der Waals surface area (Å²) in [6, 6.07) is 9.56. The third kappa shape index (κ3) is 1.91. The number of nitrogen functional groups attached to an aromatic ring is 1. The molecule has 3 aromatic rings. The summed E-state index contributed by atoms with van der Waals surface area (Å²) in [5, 5.41) is 12.0. The Hall–Kier alpha value is -3.22. The van der Waals surface area contributed by atoms with E-state index in [1.807, 2.05) is 0 Å². The molecule has 2 aromatic carbocycles. The fraction of sp³-hybridized carbons (Fsp3) is 0.0667. The highest BCUT2D eigenvalue weighted by atomic mass is 16.6. The normalized spacial score (nSPS) is 10.8. The molecule has 0 saturated heterocycles. The first-order valence-electron chi connectivity index (χ1n) is 6.38. The number of benzene rings is 2. The number of nitrogens with zero attached hydrogens (tertiary/aromatic N) is 2. The first kappa shape index (κ1) is 13.7. The molecule has 0 aliphatic rings. The van der Waals surface area contributed by atoms with E-state index in [9.17, 15) is 14.9 Å². The zero-order valence-electron chi connectivity index (χ0n) is 11.6. The summed E-state index contributed by atoms with van der Waals surface area (Å²) >= 11 is 0. The molecule has 7 nitrogen and oxygen atoms in total. The fourth-order valence-electron chi connectivity index (χ4n) is 2.44. The second kappa shape index (κ2) is 4.96. The van der Waals surface area contributed by atoms with Gasteiger partial charge in [-0.05, 0) is 12.1 Å². The zero-order chi connectivity index (χ0) is 15.9. The summed E-state index contributed by atoms with van der Waals surface area (Å²) in [6.45, 7) is 0. The van der Waals surface area contributed by atoms with Crippen LogP contribution in [0.25, 0.3) is 21.8 Å². The van der Waals surface area contributed by atoms with Crippen LogP contribution < -0.4 is 5.73 Å². The molecule has 0 unspecified atom stereocenters. The third-order valence-corrected chi connectivity index (χ3v) is 3.45. The van der Waals surface area contributed by atoms with E-state index in [-0.39, 0.29) is 27.8 Å². The Bertz CT molecular complexity index is 937. The molecule has 7 heteroatoms. The number of nitro groups is 1. The fourth-order valence-corrected chi connectivity index (χ4v) is 2.44. The van der Waals surface area contributed by atoms with Gasteiger partial charge in [-0.1, -0.05) is 18.2 Å². The van der Waals surface area contributed by atoms with Crippen molar-refractivity contribution in [3.63, 3.8) is 0 Å². The summed E-state index contributed by atoms with van der Waals surface area (Å²) < 4.78 is 4.71. The number of nitro benzene ring substituents is 1. The van der Waals surface area contributed by atoms with Gasteiger partial charge in [0.25, 0.3) is 5.69 Å².